The summed E-state index contributed by atoms with van der Waals surface area (Å²) in [5.41, 5.74) is 1.58. The van der Waals surface area contributed by atoms with Crippen LogP contribution in [0.4, 0.5) is 0 Å². The Labute approximate surface area is 185 Å². The van der Waals surface area contributed by atoms with Crippen LogP contribution in [0, 0.1) is 35.5 Å². The van der Waals surface area contributed by atoms with Crippen LogP contribution in [-0.4, -0.2) is 23.0 Å². The standard InChI is InChI=1S/C25H21ClN2O3/c26-20-7-3-1-6-15(20)13-31-21-8-4-2-5-14(21)12-27-28-24(29)22-16-9-10-17(19-11-18(16)19)23(22)25(28)30/h1-10,12,16-19,22-23H,11,13H2/b27-12-/t16-,17-,18-,19-,22-,23+/m0/s1. The lowest BCUT2D eigenvalue weighted by atomic mass is 9.63. The molecule has 1 heterocycles. The Kier molecular flexibility index (Phi) is 4.29. The van der Waals surface area contributed by atoms with Gasteiger partial charge in [-0.2, -0.15) is 10.1 Å². The van der Waals surface area contributed by atoms with Crippen LogP contribution in [0.25, 0.3) is 0 Å². The predicted octanol–water partition coefficient (Wildman–Crippen LogP) is 4.31. The van der Waals surface area contributed by atoms with Crippen LogP contribution in [0.5, 0.6) is 5.75 Å². The molecule has 6 heteroatoms. The lowest BCUT2D eigenvalue weighted by molar-refractivity contribution is -0.140. The summed E-state index contributed by atoms with van der Waals surface area (Å²) >= 11 is 6.22. The fourth-order valence-electron chi connectivity index (χ4n) is 5.66. The van der Waals surface area contributed by atoms with Gasteiger partial charge in [-0.25, -0.2) is 0 Å². The third kappa shape index (κ3) is 2.94. The second-order valence-electron chi connectivity index (χ2n) is 8.81. The van der Waals surface area contributed by atoms with Gasteiger partial charge >= 0.3 is 0 Å². The maximum Gasteiger partial charge on any atom is 0.254 e. The Morgan fingerprint density at radius 1 is 0.968 bits per heavy atom. The summed E-state index contributed by atoms with van der Waals surface area (Å²) in [7, 11) is 0. The van der Waals surface area contributed by atoms with Gasteiger partial charge in [0, 0.05) is 16.1 Å². The average molecular weight is 433 g/mol. The van der Waals surface area contributed by atoms with E-state index in [1.807, 2.05) is 48.5 Å². The molecule has 2 aromatic rings. The lowest BCUT2D eigenvalue weighted by Crippen LogP contribution is -2.40. The number of carbonyl (C=O) groups excluding carboxylic acids is 2. The Morgan fingerprint density at radius 2 is 1.61 bits per heavy atom. The summed E-state index contributed by atoms with van der Waals surface area (Å²) in [5.74, 6) is 1.37. The van der Waals surface area contributed by atoms with Crippen LogP contribution in [0.2, 0.25) is 5.02 Å². The zero-order chi connectivity index (χ0) is 21.1. The summed E-state index contributed by atoms with van der Waals surface area (Å²) in [6.07, 6.45) is 7.02. The number of allylic oxidation sites excluding steroid dienone is 2. The maximum atomic E-state index is 13.1. The zero-order valence-electron chi connectivity index (χ0n) is 16.7. The molecule has 1 saturated heterocycles. The molecular formula is C25H21ClN2O3. The van der Waals surface area contributed by atoms with Gasteiger partial charge in [0.25, 0.3) is 11.8 Å². The molecule has 2 bridgehead atoms. The predicted molar refractivity (Wildman–Crippen MR) is 116 cm³/mol. The molecule has 0 spiro atoms. The fraction of sp³-hybridized carbons (Fsp3) is 0.320. The highest BCUT2D eigenvalue weighted by Crippen LogP contribution is 2.65. The van der Waals surface area contributed by atoms with E-state index in [1.54, 1.807) is 6.21 Å². The van der Waals surface area contributed by atoms with Gasteiger partial charge in [-0.05, 0) is 48.3 Å². The highest BCUT2D eigenvalue weighted by molar-refractivity contribution is 6.31. The molecule has 0 N–H and O–H groups in total. The molecule has 156 valence electrons. The summed E-state index contributed by atoms with van der Waals surface area (Å²) < 4.78 is 5.96. The van der Waals surface area contributed by atoms with Gasteiger partial charge in [0.05, 0.1) is 18.1 Å². The molecule has 5 nitrogen and oxygen atoms in total. The number of hydrogen-bond acceptors (Lipinski definition) is 4. The molecule has 5 aliphatic rings. The normalized spacial score (nSPS) is 32.5. The molecule has 31 heavy (non-hydrogen) atoms. The Hall–Kier alpha value is -2.92. The molecule has 0 radical (unpaired) electrons. The van der Waals surface area contributed by atoms with Crippen molar-refractivity contribution in [3.05, 3.63) is 76.8 Å². The largest absolute Gasteiger partial charge is 0.488 e. The molecule has 3 fully saturated rings. The number of para-hydroxylation sites is 1. The highest BCUT2D eigenvalue weighted by Gasteiger charge is 2.67. The minimum absolute atomic E-state index is 0.162. The Balaban J connectivity index is 1.22. The monoisotopic (exact) mass is 432 g/mol. The smallest absolute Gasteiger partial charge is 0.254 e. The quantitative estimate of drug-likeness (QED) is 0.402. The molecular weight excluding hydrogens is 412 g/mol. The number of rotatable bonds is 5. The zero-order valence-corrected chi connectivity index (χ0v) is 17.5. The Bertz CT molecular complexity index is 1110. The number of nitrogens with zero attached hydrogens (tertiary/aromatic N) is 2. The number of carbonyl (C=O) groups is 2. The van der Waals surface area contributed by atoms with E-state index in [0.717, 1.165) is 17.0 Å². The van der Waals surface area contributed by atoms with Crippen molar-refractivity contribution in [2.24, 2.45) is 40.6 Å². The van der Waals surface area contributed by atoms with E-state index in [-0.39, 0.29) is 35.5 Å². The summed E-state index contributed by atoms with van der Waals surface area (Å²) in [6.45, 7) is 0.314. The van der Waals surface area contributed by atoms with Crippen LogP contribution >= 0.6 is 11.6 Å². The van der Waals surface area contributed by atoms with Crippen molar-refractivity contribution in [2.75, 3.05) is 0 Å². The molecule has 2 saturated carbocycles. The van der Waals surface area contributed by atoms with Gasteiger partial charge in [0.2, 0.25) is 0 Å². The third-order valence-electron chi connectivity index (χ3n) is 7.21. The minimum Gasteiger partial charge on any atom is -0.488 e. The van der Waals surface area contributed by atoms with Gasteiger partial charge in [-0.15, -0.1) is 0 Å². The van der Waals surface area contributed by atoms with Crippen LogP contribution in [0.3, 0.4) is 0 Å². The van der Waals surface area contributed by atoms with Crippen molar-refractivity contribution in [1.29, 1.82) is 0 Å². The first-order valence-electron chi connectivity index (χ1n) is 10.7. The van der Waals surface area contributed by atoms with Crippen LogP contribution < -0.4 is 4.74 Å². The van der Waals surface area contributed by atoms with Crippen molar-refractivity contribution < 1.29 is 14.3 Å². The van der Waals surface area contributed by atoms with Crippen molar-refractivity contribution in [1.82, 2.24) is 5.01 Å². The van der Waals surface area contributed by atoms with Crippen molar-refractivity contribution >= 4 is 29.6 Å². The highest BCUT2D eigenvalue weighted by atomic mass is 35.5. The fourth-order valence-corrected chi connectivity index (χ4v) is 5.85. The average Bonchev–Trinajstić information content (AvgIpc) is 3.57. The number of imide groups is 1. The van der Waals surface area contributed by atoms with Crippen LogP contribution in [-0.2, 0) is 16.2 Å². The number of benzene rings is 2. The van der Waals surface area contributed by atoms with E-state index in [0.29, 0.717) is 34.8 Å². The molecule has 2 amide bonds. The second kappa shape index (κ2) is 7.06. The molecule has 1 aliphatic heterocycles. The van der Waals surface area contributed by atoms with E-state index in [9.17, 15) is 9.59 Å². The van der Waals surface area contributed by atoms with Gasteiger partial charge < -0.3 is 4.74 Å². The number of amides is 2. The number of hydrazone groups is 1. The van der Waals surface area contributed by atoms with Gasteiger partial charge in [-0.3, -0.25) is 9.59 Å². The first-order valence-corrected chi connectivity index (χ1v) is 11.1. The first-order chi connectivity index (χ1) is 15.1. The van der Waals surface area contributed by atoms with Crippen LogP contribution in [0.15, 0.2) is 65.8 Å². The van der Waals surface area contributed by atoms with Gasteiger partial charge in [0.15, 0.2) is 0 Å². The van der Waals surface area contributed by atoms with Gasteiger partial charge in [-0.1, -0.05) is 54.1 Å². The SMILES string of the molecule is O=C1[C@@H]2[C@H]3C=C[C@@H]([C@@H]4C[C@@H]34)[C@@H]2C(=O)N1/N=C\c1ccccc1OCc1ccccc1Cl. The molecule has 4 aliphatic carbocycles. The van der Waals surface area contributed by atoms with Gasteiger partial charge in [0.1, 0.15) is 12.4 Å². The van der Waals surface area contributed by atoms with E-state index < -0.39 is 0 Å². The molecule has 2 aromatic carbocycles. The summed E-state index contributed by atoms with van der Waals surface area (Å²) in [5, 5.41) is 6.06. The number of ether oxygens (including phenoxy) is 1. The van der Waals surface area contributed by atoms with E-state index in [4.69, 9.17) is 16.3 Å². The molecule has 6 atom stereocenters. The molecule has 0 unspecified atom stereocenters. The Morgan fingerprint density at radius 3 is 2.32 bits per heavy atom. The second-order valence-corrected chi connectivity index (χ2v) is 9.21. The van der Waals surface area contributed by atoms with E-state index >= 15 is 0 Å². The first kappa shape index (κ1) is 18.8. The number of hydrogen-bond donors (Lipinski definition) is 0. The van der Waals surface area contributed by atoms with Crippen LogP contribution in [0.1, 0.15) is 17.5 Å². The minimum atomic E-state index is -0.241. The maximum absolute atomic E-state index is 13.1. The van der Waals surface area contributed by atoms with E-state index in [2.05, 4.69) is 17.3 Å². The summed E-state index contributed by atoms with van der Waals surface area (Å²) in [6, 6.07) is 14.9. The topological polar surface area (TPSA) is 59.0 Å². The van der Waals surface area contributed by atoms with Crippen molar-refractivity contribution in [2.45, 2.75) is 13.0 Å². The lowest BCUT2D eigenvalue weighted by Gasteiger charge is -2.37. The number of halogens is 1. The van der Waals surface area contributed by atoms with E-state index in [1.165, 1.54) is 0 Å². The molecule has 0 aromatic heterocycles. The van der Waals surface area contributed by atoms with Crippen molar-refractivity contribution in [3.63, 3.8) is 0 Å². The summed E-state index contributed by atoms with van der Waals surface area (Å²) in [4.78, 5) is 26.1. The molecule has 7 rings (SSSR count). The third-order valence-corrected chi connectivity index (χ3v) is 7.58. The van der Waals surface area contributed by atoms with Crippen molar-refractivity contribution in [3.8, 4) is 5.75 Å².